The third kappa shape index (κ3) is 6.80. The van der Waals surface area contributed by atoms with Crippen molar-refractivity contribution >= 4 is 10.0 Å². The highest BCUT2D eigenvalue weighted by Gasteiger charge is 2.33. The predicted molar refractivity (Wildman–Crippen MR) is 106 cm³/mol. The van der Waals surface area contributed by atoms with Gasteiger partial charge in [-0.15, -0.1) is 6.58 Å². The number of benzene rings is 1. The van der Waals surface area contributed by atoms with E-state index in [1.165, 1.54) is 11.4 Å². The minimum absolute atomic E-state index is 0.118. The van der Waals surface area contributed by atoms with E-state index < -0.39 is 21.8 Å². The summed E-state index contributed by atoms with van der Waals surface area (Å²) in [6.07, 6.45) is 1.18. The van der Waals surface area contributed by atoms with Crippen molar-refractivity contribution in [3.63, 3.8) is 0 Å². The van der Waals surface area contributed by atoms with E-state index in [0.717, 1.165) is 56.6 Å². The predicted octanol–water partition coefficient (Wildman–Crippen LogP) is 3.82. The average molecular weight is 435 g/mol. The molecule has 1 aromatic carbocycles. The van der Waals surface area contributed by atoms with Gasteiger partial charge in [-0.05, 0) is 62.9 Å². The molecule has 29 heavy (non-hydrogen) atoms. The van der Waals surface area contributed by atoms with Crippen LogP contribution in [0.3, 0.4) is 0 Å². The first kappa shape index (κ1) is 23.9. The molecule has 0 unspecified atom stereocenters. The van der Waals surface area contributed by atoms with Crippen molar-refractivity contribution < 1.29 is 26.3 Å². The van der Waals surface area contributed by atoms with Crippen LogP contribution in [0.1, 0.15) is 37.7 Å². The van der Waals surface area contributed by atoms with Crippen LogP contribution in [-0.2, 0) is 20.9 Å². The van der Waals surface area contributed by atoms with Crippen molar-refractivity contribution in [1.82, 2.24) is 9.62 Å². The summed E-state index contributed by atoms with van der Waals surface area (Å²) in [6, 6.07) is 3.45. The standard InChI is InChI=1S/C20H29F3N2O3S/c1-3-13-24-14-4-15-28-18-9-7-17(8-10-18)25(2)29(26,27)19-11-5-16(6-12-19)20(21,22)23/h3,5-6,11-12,17-18,24H,1,4,7-10,13-15H2,2H3. The first-order valence-electron chi connectivity index (χ1n) is 9.74. The fourth-order valence-electron chi connectivity index (χ4n) is 3.41. The lowest BCUT2D eigenvalue weighted by Crippen LogP contribution is -2.40. The molecule has 0 saturated heterocycles. The van der Waals surface area contributed by atoms with Crippen LogP contribution in [0, 0.1) is 0 Å². The van der Waals surface area contributed by atoms with E-state index in [9.17, 15) is 21.6 Å². The normalized spacial score (nSPS) is 20.7. The SMILES string of the molecule is C=CCNCCCOC1CCC(N(C)S(=O)(=O)c2ccc(C(F)(F)F)cc2)CC1. The van der Waals surface area contributed by atoms with Gasteiger partial charge in [0.2, 0.25) is 10.0 Å². The molecule has 0 spiro atoms. The van der Waals surface area contributed by atoms with E-state index >= 15 is 0 Å². The molecule has 0 heterocycles. The van der Waals surface area contributed by atoms with Crippen LogP contribution in [0.4, 0.5) is 13.2 Å². The van der Waals surface area contributed by atoms with Gasteiger partial charge in [0.05, 0.1) is 16.6 Å². The number of nitrogens with one attached hydrogen (secondary N) is 1. The summed E-state index contributed by atoms with van der Waals surface area (Å²) in [5, 5.41) is 3.20. The Labute approximate surface area is 171 Å². The van der Waals surface area contributed by atoms with Crippen molar-refractivity contribution in [3.8, 4) is 0 Å². The zero-order valence-electron chi connectivity index (χ0n) is 16.6. The number of rotatable bonds is 10. The molecule has 2 rings (SSSR count). The lowest BCUT2D eigenvalue weighted by molar-refractivity contribution is -0.137. The van der Waals surface area contributed by atoms with Gasteiger partial charge >= 0.3 is 6.18 Å². The van der Waals surface area contributed by atoms with Gasteiger partial charge in [0.15, 0.2) is 0 Å². The largest absolute Gasteiger partial charge is 0.416 e. The molecule has 1 saturated carbocycles. The van der Waals surface area contributed by atoms with Crippen LogP contribution in [0.15, 0.2) is 41.8 Å². The van der Waals surface area contributed by atoms with E-state index in [0.29, 0.717) is 19.4 Å². The Morgan fingerprint density at radius 2 is 1.83 bits per heavy atom. The Morgan fingerprint density at radius 1 is 1.21 bits per heavy atom. The number of halogens is 3. The van der Waals surface area contributed by atoms with Crippen molar-refractivity contribution in [2.24, 2.45) is 0 Å². The zero-order chi connectivity index (χ0) is 21.5. The fourth-order valence-corrected chi connectivity index (χ4v) is 4.82. The van der Waals surface area contributed by atoms with E-state index in [1.54, 1.807) is 6.08 Å². The molecule has 0 amide bonds. The summed E-state index contributed by atoms with van der Waals surface area (Å²) in [6.45, 7) is 5.91. The molecular weight excluding hydrogens is 405 g/mol. The third-order valence-corrected chi connectivity index (χ3v) is 7.08. The van der Waals surface area contributed by atoms with Crippen molar-refractivity contribution in [2.75, 3.05) is 26.7 Å². The molecule has 1 aliphatic rings. The molecule has 0 atom stereocenters. The number of nitrogens with zero attached hydrogens (tertiary/aromatic N) is 1. The van der Waals surface area contributed by atoms with Crippen LogP contribution in [0.2, 0.25) is 0 Å². The summed E-state index contributed by atoms with van der Waals surface area (Å²) in [4.78, 5) is -0.126. The smallest absolute Gasteiger partial charge is 0.378 e. The Bertz CT molecular complexity index is 743. The Kier molecular flexibility index (Phi) is 8.69. The number of sulfonamides is 1. The molecule has 9 heteroatoms. The van der Waals surface area contributed by atoms with Gasteiger partial charge in [-0.1, -0.05) is 6.08 Å². The highest BCUT2D eigenvalue weighted by Crippen LogP contribution is 2.31. The number of alkyl halides is 3. The van der Waals surface area contributed by atoms with Gasteiger partial charge in [-0.3, -0.25) is 0 Å². The first-order chi connectivity index (χ1) is 13.7. The number of hydrogen-bond donors (Lipinski definition) is 1. The van der Waals surface area contributed by atoms with Gasteiger partial charge in [0.1, 0.15) is 0 Å². The fraction of sp³-hybridized carbons (Fsp3) is 0.600. The molecular formula is C20H29F3N2O3S. The molecule has 0 radical (unpaired) electrons. The zero-order valence-corrected chi connectivity index (χ0v) is 17.4. The average Bonchev–Trinajstić information content (AvgIpc) is 2.70. The Morgan fingerprint density at radius 3 is 2.38 bits per heavy atom. The quantitative estimate of drug-likeness (QED) is 0.449. The molecule has 1 aromatic rings. The second-order valence-electron chi connectivity index (χ2n) is 7.19. The van der Waals surface area contributed by atoms with Crippen LogP contribution in [0.5, 0.6) is 0 Å². The third-order valence-electron chi connectivity index (χ3n) is 5.16. The van der Waals surface area contributed by atoms with E-state index in [4.69, 9.17) is 4.74 Å². The first-order valence-corrected chi connectivity index (χ1v) is 11.2. The summed E-state index contributed by atoms with van der Waals surface area (Å²) < 4.78 is 70.8. The lowest BCUT2D eigenvalue weighted by atomic mass is 9.93. The number of ether oxygens (including phenoxy) is 1. The van der Waals surface area contributed by atoms with Crippen LogP contribution in [0.25, 0.3) is 0 Å². The molecule has 0 aliphatic heterocycles. The van der Waals surface area contributed by atoms with Crippen molar-refractivity contribution in [3.05, 3.63) is 42.5 Å². The van der Waals surface area contributed by atoms with Crippen molar-refractivity contribution in [2.45, 2.75) is 55.3 Å². The van der Waals surface area contributed by atoms with Crippen LogP contribution >= 0.6 is 0 Å². The van der Waals surface area contributed by atoms with Gasteiger partial charge in [0.25, 0.3) is 0 Å². The topological polar surface area (TPSA) is 58.6 Å². The molecule has 1 aliphatic carbocycles. The Hall–Kier alpha value is -1.42. The number of hydrogen-bond acceptors (Lipinski definition) is 4. The van der Waals surface area contributed by atoms with Gasteiger partial charge in [-0.2, -0.15) is 17.5 Å². The maximum absolute atomic E-state index is 12.8. The minimum atomic E-state index is -4.49. The van der Waals surface area contributed by atoms with E-state index in [1.807, 2.05) is 0 Å². The monoisotopic (exact) mass is 434 g/mol. The summed E-state index contributed by atoms with van der Waals surface area (Å²) in [5.74, 6) is 0. The second kappa shape index (κ2) is 10.6. The van der Waals surface area contributed by atoms with Gasteiger partial charge in [0, 0.05) is 26.2 Å². The highest BCUT2D eigenvalue weighted by molar-refractivity contribution is 7.89. The molecule has 5 nitrogen and oxygen atoms in total. The van der Waals surface area contributed by atoms with Crippen LogP contribution < -0.4 is 5.32 Å². The molecule has 164 valence electrons. The van der Waals surface area contributed by atoms with Gasteiger partial charge in [-0.25, -0.2) is 8.42 Å². The maximum atomic E-state index is 12.8. The molecule has 0 bridgehead atoms. The molecule has 1 N–H and O–H groups in total. The second-order valence-corrected chi connectivity index (χ2v) is 9.19. The summed E-state index contributed by atoms with van der Waals surface area (Å²) in [5.41, 5.74) is -0.864. The molecule has 0 aromatic heterocycles. The minimum Gasteiger partial charge on any atom is -0.378 e. The Balaban J connectivity index is 1.84. The highest BCUT2D eigenvalue weighted by atomic mass is 32.2. The van der Waals surface area contributed by atoms with Gasteiger partial charge < -0.3 is 10.1 Å². The van der Waals surface area contributed by atoms with E-state index in [-0.39, 0.29) is 17.0 Å². The van der Waals surface area contributed by atoms with E-state index in [2.05, 4.69) is 11.9 Å². The van der Waals surface area contributed by atoms with Crippen LogP contribution in [-0.4, -0.2) is 51.6 Å². The maximum Gasteiger partial charge on any atom is 0.416 e. The summed E-state index contributed by atoms with van der Waals surface area (Å²) >= 11 is 0. The van der Waals surface area contributed by atoms with Crippen molar-refractivity contribution in [1.29, 1.82) is 0 Å². The molecule has 1 fully saturated rings. The lowest BCUT2D eigenvalue weighted by Gasteiger charge is -2.34. The summed E-state index contributed by atoms with van der Waals surface area (Å²) in [7, 11) is -2.35.